The fourth-order valence-electron chi connectivity index (χ4n) is 4.12. The van der Waals surface area contributed by atoms with Gasteiger partial charge < -0.3 is 13.7 Å². The van der Waals surface area contributed by atoms with Gasteiger partial charge in [-0.25, -0.2) is 4.98 Å². The minimum absolute atomic E-state index is 0.118. The highest BCUT2D eigenvalue weighted by Gasteiger charge is 2.23. The first-order chi connectivity index (χ1) is 14.2. The number of rotatable bonds is 6. The number of benzene rings is 2. The number of para-hydroxylation sites is 2. The van der Waals surface area contributed by atoms with Gasteiger partial charge in [-0.2, -0.15) is 0 Å². The first-order valence-electron chi connectivity index (χ1n) is 10.2. The molecule has 0 atom stereocenters. The van der Waals surface area contributed by atoms with Crippen LogP contribution in [0.15, 0.2) is 53.7 Å². The summed E-state index contributed by atoms with van der Waals surface area (Å²) in [6.45, 7) is 0.680. The highest BCUT2D eigenvalue weighted by atomic mass is 32.2. The van der Waals surface area contributed by atoms with E-state index in [2.05, 4.69) is 15.6 Å². The Morgan fingerprint density at radius 1 is 1.14 bits per heavy atom. The molecule has 4 rings (SSSR count). The Morgan fingerprint density at radius 2 is 1.86 bits per heavy atom. The van der Waals surface area contributed by atoms with E-state index >= 15 is 0 Å². The summed E-state index contributed by atoms with van der Waals surface area (Å²) in [5.41, 5.74) is 3.91. The topological polar surface area (TPSA) is 47.4 Å². The van der Waals surface area contributed by atoms with Crippen LogP contribution in [0.5, 0.6) is 0 Å². The first-order valence-corrected chi connectivity index (χ1v) is 10.9. The van der Waals surface area contributed by atoms with Crippen LogP contribution in [0.1, 0.15) is 48.0 Å². The van der Waals surface area contributed by atoms with Gasteiger partial charge in [0, 0.05) is 18.7 Å². The lowest BCUT2D eigenvalue weighted by atomic mass is 9.94. The molecule has 1 amide bonds. The number of aromatic nitrogens is 2. The molecule has 1 aliphatic carbocycles. The van der Waals surface area contributed by atoms with E-state index in [-0.39, 0.29) is 5.91 Å². The smallest absolute Gasteiger partial charge is 0.253 e. The molecule has 29 heavy (non-hydrogen) atoms. The second kappa shape index (κ2) is 9.01. The predicted molar refractivity (Wildman–Crippen MR) is 117 cm³/mol. The van der Waals surface area contributed by atoms with Crippen molar-refractivity contribution in [1.82, 2.24) is 14.5 Å². The Kier molecular flexibility index (Phi) is 6.21. The molecule has 0 spiro atoms. The molecular formula is C23H27N3O2S. The second-order valence-electron chi connectivity index (χ2n) is 7.62. The summed E-state index contributed by atoms with van der Waals surface area (Å²) in [6.07, 6.45) is 5.98. The molecule has 1 aliphatic rings. The molecule has 0 unspecified atom stereocenters. The van der Waals surface area contributed by atoms with Crippen molar-refractivity contribution in [3.63, 3.8) is 0 Å². The minimum atomic E-state index is 0.118. The van der Waals surface area contributed by atoms with Gasteiger partial charge in [0.25, 0.3) is 5.91 Å². The standard InChI is InChI=1S/C23H27N3O2S/c1-25(19-8-4-3-5-9-19)22(27)18-14-12-17(13-15-18)16-26-21-11-7-6-10-20(21)24-23(26)29-28-2/h6-7,10-15,19H,3-5,8-9,16H2,1-2H3. The monoisotopic (exact) mass is 409 g/mol. The number of imidazole rings is 1. The average Bonchev–Trinajstić information content (AvgIpc) is 3.11. The van der Waals surface area contributed by atoms with Crippen LogP contribution in [0.4, 0.5) is 0 Å². The van der Waals surface area contributed by atoms with Crippen molar-refractivity contribution in [2.45, 2.75) is 49.8 Å². The number of nitrogens with zero attached hydrogens (tertiary/aromatic N) is 3. The highest BCUT2D eigenvalue weighted by molar-refractivity contribution is 7.94. The van der Waals surface area contributed by atoms with Gasteiger partial charge in [-0.15, -0.1) is 0 Å². The van der Waals surface area contributed by atoms with Crippen LogP contribution >= 0.6 is 12.0 Å². The predicted octanol–water partition coefficient (Wildman–Crippen LogP) is 5.14. The van der Waals surface area contributed by atoms with Crippen LogP contribution in [0.3, 0.4) is 0 Å². The van der Waals surface area contributed by atoms with Gasteiger partial charge in [-0.05, 0) is 42.7 Å². The van der Waals surface area contributed by atoms with E-state index in [0.29, 0.717) is 12.6 Å². The van der Waals surface area contributed by atoms with Gasteiger partial charge in [0.1, 0.15) is 0 Å². The van der Waals surface area contributed by atoms with E-state index in [4.69, 9.17) is 4.18 Å². The van der Waals surface area contributed by atoms with E-state index in [9.17, 15) is 4.79 Å². The number of carbonyl (C=O) groups is 1. The molecule has 152 valence electrons. The Hall–Kier alpha value is -2.31. The zero-order chi connectivity index (χ0) is 20.2. The third kappa shape index (κ3) is 4.33. The Bertz CT molecular complexity index is 977. The zero-order valence-corrected chi connectivity index (χ0v) is 17.8. The van der Waals surface area contributed by atoms with Crippen LogP contribution in [0.25, 0.3) is 11.0 Å². The zero-order valence-electron chi connectivity index (χ0n) is 17.0. The van der Waals surface area contributed by atoms with E-state index in [1.54, 1.807) is 7.11 Å². The van der Waals surface area contributed by atoms with Crippen LogP contribution in [-0.4, -0.2) is 40.6 Å². The fraction of sp³-hybridized carbons (Fsp3) is 0.391. The van der Waals surface area contributed by atoms with Crippen LogP contribution in [0, 0.1) is 0 Å². The molecular weight excluding hydrogens is 382 g/mol. The third-order valence-corrected chi connectivity index (χ3v) is 6.39. The number of hydrogen-bond acceptors (Lipinski definition) is 4. The second-order valence-corrected chi connectivity index (χ2v) is 8.49. The maximum absolute atomic E-state index is 12.9. The van der Waals surface area contributed by atoms with Crippen molar-refractivity contribution in [3.05, 3.63) is 59.7 Å². The van der Waals surface area contributed by atoms with Crippen molar-refractivity contribution >= 4 is 29.0 Å². The van der Waals surface area contributed by atoms with E-state index in [0.717, 1.165) is 40.2 Å². The summed E-state index contributed by atoms with van der Waals surface area (Å²) >= 11 is 1.27. The Labute approximate surface area is 176 Å². The molecule has 1 heterocycles. The van der Waals surface area contributed by atoms with Gasteiger partial charge in [0.05, 0.1) is 36.7 Å². The number of carbonyl (C=O) groups excluding carboxylic acids is 1. The molecule has 3 aromatic rings. The molecule has 5 nitrogen and oxygen atoms in total. The molecule has 2 aromatic carbocycles. The Balaban J connectivity index is 1.52. The summed E-state index contributed by atoms with van der Waals surface area (Å²) in [5.74, 6) is 0.118. The van der Waals surface area contributed by atoms with Gasteiger partial charge in [-0.1, -0.05) is 43.5 Å². The lowest BCUT2D eigenvalue weighted by Gasteiger charge is -2.31. The minimum Gasteiger partial charge on any atom is -0.339 e. The maximum Gasteiger partial charge on any atom is 0.253 e. The summed E-state index contributed by atoms with van der Waals surface area (Å²) in [5, 5.41) is 0.825. The van der Waals surface area contributed by atoms with Gasteiger partial charge >= 0.3 is 0 Å². The van der Waals surface area contributed by atoms with E-state index < -0.39 is 0 Å². The third-order valence-electron chi connectivity index (χ3n) is 5.76. The van der Waals surface area contributed by atoms with E-state index in [1.807, 2.05) is 54.4 Å². The molecule has 0 saturated heterocycles. The average molecular weight is 410 g/mol. The van der Waals surface area contributed by atoms with Gasteiger partial charge in [0.15, 0.2) is 5.16 Å². The van der Waals surface area contributed by atoms with Crippen LogP contribution in [0.2, 0.25) is 0 Å². The van der Waals surface area contributed by atoms with Crippen molar-refractivity contribution in [1.29, 1.82) is 0 Å². The summed E-state index contributed by atoms with van der Waals surface area (Å²) in [4.78, 5) is 19.5. The summed E-state index contributed by atoms with van der Waals surface area (Å²) < 4.78 is 7.40. The summed E-state index contributed by atoms with van der Waals surface area (Å²) in [7, 11) is 3.59. The van der Waals surface area contributed by atoms with Crippen LogP contribution in [-0.2, 0) is 10.7 Å². The van der Waals surface area contributed by atoms with Gasteiger partial charge in [-0.3, -0.25) is 4.79 Å². The normalized spacial score (nSPS) is 15.0. The molecule has 1 saturated carbocycles. The van der Waals surface area contributed by atoms with Crippen LogP contribution < -0.4 is 0 Å². The van der Waals surface area contributed by atoms with E-state index in [1.165, 1.54) is 31.3 Å². The van der Waals surface area contributed by atoms with Crippen molar-refractivity contribution in [3.8, 4) is 0 Å². The Morgan fingerprint density at radius 3 is 2.59 bits per heavy atom. The van der Waals surface area contributed by atoms with Crippen molar-refractivity contribution in [2.75, 3.05) is 14.2 Å². The first kappa shape index (κ1) is 20.0. The molecule has 0 bridgehead atoms. The largest absolute Gasteiger partial charge is 0.339 e. The lowest BCUT2D eigenvalue weighted by molar-refractivity contribution is 0.0696. The molecule has 0 aliphatic heterocycles. The lowest BCUT2D eigenvalue weighted by Crippen LogP contribution is -2.38. The van der Waals surface area contributed by atoms with Crippen molar-refractivity contribution in [2.24, 2.45) is 0 Å². The van der Waals surface area contributed by atoms with Crippen molar-refractivity contribution < 1.29 is 8.98 Å². The number of fused-ring (bicyclic) bond motifs is 1. The molecule has 0 radical (unpaired) electrons. The SMILES string of the molecule is COSc1nc2ccccc2n1Cc1ccc(C(=O)N(C)C2CCCCC2)cc1. The molecule has 1 aromatic heterocycles. The fourth-order valence-corrected chi connectivity index (χ4v) is 4.66. The molecule has 0 N–H and O–H groups in total. The quantitative estimate of drug-likeness (QED) is 0.529. The number of hydrogen-bond donors (Lipinski definition) is 0. The summed E-state index contributed by atoms with van der Waals surface area (Å²) in [6, 6.07) is 16.4. The highest BCUT2D eigenvalue weighted by Crippen LogP contribution is 2.26. The van der Waals surface area contributed by atoms with Gasteiger partial charge in [0.2, 0.25) is 0 Å². The number of amides is 1. The molecule has 6 heteroatoms. The molecule has 1 fully saturated rings. The maximum atomic E-state index is 12.9.